The van der Waals surface area contributed by atoms with Gasteiger partial charge in [-0.2, -0.15) is 0 Å². The Labute approximate surface area is 205 Å². The molecule has 0 bridgehead atoms. The van der Waals surface area contributed by atoms with Crippen molar-refractivity contribution in [1.29, 1.82) is 0 Å². The summed E-state index contributed by atoms with van der Waals surface area (Å²) in [5, 5.41) is 5.81. The van der Waals surface area contributed by atoms with Crippen molar-refractivity contribution < 1.29 is 19.1 Å². The lowest BCUT2D eigenvalue weighted by Crippen LogP contribution is -2.44. The number of fused-ring (bicyclic) bond motifs is 1. The number of anilines is 2. The molecular formula is C25H32N6O4. The third-order valence-corrected chi connectivity index (χ3v) is 6.60. The van der Waals surface area contributed by atoms with Gasteiger partial charge in [-0.1, -0.05) is 12.1 Å². The van der Waals surface area contributed by atoms with Gasteiger partial charge in [0.05, 0.1) is 56.8 Å². The number of urea groups is 1. The highest BCUT2D eigenvalue weighted by atomic mass is 16.5. The van der Waals surface area contributed by atoms with Gasteiger partial charge >= 0.3 is 6.03 Å². The van der Waals surface area contributed by atoms with Gasteiger partial charge in [0.25, 0.3) is 0 Å². The van der Waals surface area contributed by atoms with Gasteiger partial charge in [-0.25, -0.2) is 14.8 Å². The number of methoxy groups -OCH3 is 1. The van der Waals surface area contributed by atoms with Crippen LogP contribution in [0.25, 0.3) is 11.3 Å². The largest absolute Gasteiger partial charge is 0.384 e. The molecule has 10 heteroatoms. The van der Waals surface area contributed by atoms with E-state index in [0.29, 0.717) is 51.3 Å². The predicted molar refractivity (Wildman–Crippen MR) is 131 cm³/mol. The van der Waals surface area contributed by atoms with Crippen LogP contribution >= 0.6 is 0 Å². The number of rotatable bonds is 7. The molecule has 3 aliphatic rings. The van der Waals surface area contributed by atoms with Crippen LogP contribution in [-0.4, -0.2) is 72.4 Å². The lowest BCUT2D eigenvalue weighted by molar-refractivity contribution is -0.132. The van der Waals surface area contributed by atoms with Gasteiger partial charge in [-0.05, 0) is 31.9 Å². The molecule has 2 N–H and O–H groups in total. The molecule has 1 saturated heterocycles. The number of aromatic nitrogens is 2. The molecule has 1 aromatic carbocycles. The van der Waals surface area contributed by atoms with Gasteiger partial charge in [-0.3, -0.25) is 4.79 Å². The Hall–Kier alpha value is -3.24. The summed E-state index contributed by atoms with van der Waals surface area (Å²) < 4.78 is 10.7. The van der Waals surface area contributed by atoms with E-state index in [1.54, 1.807) is 7.11 Å². The van der Waals surface area contributed by atoms with E-state index >= 15 is 0 Å². The molecule has 1 atom stereocenters. The van der Waals surface area contributed by atoms with Gasteiger partial charge in [0.15, 0.2) is 0 Å². The molecule has 2 aliphatic heterocycles. The number of carbonyl (C=O) groups excluding carboxylic acids is 2. The Morgan fingerprint density at radius 1 is 1.17 bits per heavy atom. The first-order valence-corrected chi connectivity index (χ1v) is 12.2. The number of morpholine rings is 1. The molecule has 2 aromatic rings. The molecule has 186 valence electrons. The molecule has 1 aliphatic carbocycles. The lowest BCUT2D eigenvalue weighted by atomic mass is 10.1. The summed E-state index contributed by atoms with van der Waals surface area (Å²) in [5.41, 5.74) is 4.30. The summed E-state index contributed by atoms with van der Waals surface area (Å²) in [6.07, 6.45) is 2.42. The van der Waals surface area contributed by atoms with Crippen LogP contribution in [0.3, 0.4) is 0 Å². The van der Waals surface area contributed by atoms with Crippen LogP contribution in [0.4, 0.5) is 16.4 Å². The summed E-state index contributed by atoms with van der Waals surface area (Å²) in [6, 6.07) is 7.94. The number of nitrogens with one attached hydrogen (secondary N) is 2. The van der Waals surface area contributed by atoms with Crippen LogP contribution in [0.1, 0.15) is 37.4 Å². The fourth-order valence-electron chi connectivity index (χ4n) is 4.45. The molecule has 3 heterocycles. The van der Waals surface area contributed by atoms with Gasteiger partial charge in [0, 0.05) is 36.5 Å². The van der Waals surface area contributed by atoms with E-state index in [1.807, 2.05) is 29.2 Å². The average Bonchev–Trinajstić information content (AvgIpc) is 3.56. The third kappa shape index (κ3) is 5.38. The molecule has 35 heavy (non-hydrogen) atoms. The van der Waals surface area contributed by atoms with Gasteiger partial charge in [0.2, 0.25) is 11.9 Å². The number of ether oxygens (including phenoxy) is 2. The Kier molecular flexibility index (Phi) is 6.83. The van der Waals surface area contributed by atoms with Gasteiger partial charge < -0.3 is 29.9 Å². The Morgan fingerprint density at radius 3 is 2.69 bits per heavy atom. The van der Waals surface area contributed by atoms with E-state index in [4.69, 9.17) is 19.4 Å². The number of hydrogen-bond donors (Lipinski definition) is 2. The second-order valence-electron chi connectivity index (χ2n) is 9.36. The van der Waals surface area contributed by atoms with E-state index in [9.17, 15) is 9.59 Å². The van der Waals surface area contributed by atoms with Gasteiger partial charge in [-0.15, -0.1) is 0 Å². The van der Waals surface area contributed by atoms with Crippen molar-refractivity contribution in [1.82, 2.24) is 20.2 Å². The van der Waals surface area contributed by atoms with Crippen molar-refractivity contribution in [3.05, 3.63) is 35.5 Å². The SMILES string of the molecule is COCCC(=O)N1Cc2nc(N3CCOC[C@@H]3C)nc(-c3ccc(NC(=O)NC4CC4)cc3)c2C1. The number of benzene rings is 1. The highest BCUT2D eigenvalue weighted by Gasteiger charge is 2.31. The van der Waals surface area contributed by atoms with E-state index in [2.05, 4.69) is 22.5 Å². The van der Waals surface area contributed by atoms with Crippen LogP contribution in [0.5, 0.6) is 0 Å². The summed E-state index contributed by atoms with van der Waals surface area (Å²) in [6.45, 7) is 5.39. The second-order valence-corrected chi connectivity index (χ2v) is 9.36. The van der Waals surface area contributed by atoms with Crippen molar-refractivity contribution in [3.8, 4) is 11.3 Å². The minimum Gasteiger partial charge on any atom is -0.384 e. The average molecular weight is 481 g/mol. The summed E-state index contributed by atoms with van der Waals surface area (Å²) >= 11 is 0. The van der Waals surface area contributed by atoms with Crippen LogP contribution in [0.2, 0.25) is 0 Å². The maximum atomic E-state index is 12.7. The fourth-order valence-corrected chi connectivity index (χ4v) is 4.45. The maximum Gasteiger partial charge on any atom is 0.319 e. The third-order valence-electron chi connectivity index (χ3n) is 6.60. The zero-order valence-electron chi connectivity index (χ0n) is 20.2. The molecule has 1 saturated carbocycles. The van der Waals surface area contributed by atoms with Crippen LogP contribution in [-0.2, 0) is 27.4 Å². The fraction of sp³-hybridized carbons (Fsp3) is 0.520. The Bertz CT molecular complexity index is 1090. The van der Waals surface area contributed by atoms with E-state index in [-0.39, 0.29) is 18.0 Å². The first-order valence-electron chi connectivity index (χ1n) is 12.2. The maximum absolute atomic E-state index is 12.7. The first kappa shape index (κ1) is 23.5. The molecule has 0 radical (unpaired) electrons. The van der Waals surface area contributed by atoms with Crippen LogP contribution < -0.4 is 15.5 Å². The molecule has 0 spiro atoms. The van der Waals surface area contributed by atoms with Crippen LogP contribution in [0.15, 0.2) is 24.3 Å². The minimum absolute atomic E-state index is 0.0401. The number of amides is 3. The van der Waals surface area contributed by atoms with Crippen LogP contribution in [0, 0.1) is 0 Å². The van der Waals surface area contributed by atoms with E-state index in [0.717, 1.165) is 47.6 Å². The highest BCUT2D eigenvalue weighted by molar-refractivity contribution is 5.90. The predicted octanol–water partition coefficient (Wildman–Crippen LogP) is 2.53. The Balaban J connectivity index is 1.42. The van der Waals surface area contributed by atoms with Crippen molar-refractivity contribution in [2.75, 3.05) is 43.7 Å². The molecular weight excluding hydrogens is 448 g/mol. The molecule has 10 nitrogen and oxygen atoms in total. The second kappa shape index (κ2) is 10.2. The Morgan fingerprint density at radius 2 is 1.97 bits per heavy atom. The quantitative estimate of drug-likeness (QED) is 0.627. The molecule has 5 rings (SSSR count). The summed E-state index contributed by atoms with van der Waals surface area (Å²) in [4.78, 5) is 38.6. The van der Waals surface area contributed by atoms with Crippen molar-refractivity contribution >= 4 is 23.6 Å². The number of hydrogen-bond acceptors (Lipinski definition) is 7. The number of carbonyl (C=O) groups is 2. The van der Waals surface area contributed by atoms with E-state index < -0.39 is 0 Å². The topological polar surface area (TPSA) is 109 Å². The summed E-state index contributed by atoms with van der Waals surface area (Å²) in [5.74, 6) is 0.699. The van der Waals surface area contributed by atoms with Crippen molar-refractivity contribution in [2.24, 2.45) is 0 Å². The zero-order valence-corrected chi connectivity index (χ0v) is 20.2. The molecule has 1 aromatic heterocycles. The smallest absolute Gasteiger partial charge is 0.319 e. The number of nitrogens with zero attached hydrogens (tertiary/aromatic N) is 4. The zero-order chi connectivity index (χ0) is 24.4. The summed E-state index contributed by atoms with van der Waals surface area (Å²) in [7, 11) is 1.60. The molecule has 2 fully saturated rings. The monoisotopic (exact) mass is 480 g/mol. The molecule has 0 unspecified atom stereocenters. The van der Waals surface area contributed by atoms with Crippen molar-refractivity contribution in [3.63, 3.8) is 0 Å². The lowest BCUT2D eigenvalue weighted by Gasteiger charge is -2.33. The molecule has 3 amide bonds. The standard InChI is InChI=1S/C25H32N6O4/c1-16-15-35-12-10-31(16)24-28-21-14-30(22(32)9-11-34-2)13-20(21)23(29-24)17-3-5-18(6-4-17)26-25(33)27-19-7-8-19/h3-6,16,19H,7-15H2,1-2H3,(H2,26,27,33)/t16-/m0/s1. The van der Waals surface area contributed by atoms with Crippen molar-refractivity contribution in [2.45, 2.75) is 51.4 Å². The van der Waals surface area contributed by atoms with E-state index in [1.165, 1.54) is 0 Å². The first-order chi connectivity index (χ1) is 17.0. The highest BCUT2D eigenvalue weighted by Crippen LogP contribution is 2.34. The normalized spacial score (nSPS) is 19.4. The minimum atomic E-state index is -0.183. The van der Waals surface area contributed by atoms with Gasteiger partial charge in [0.1, 0.15) is 0 Å².